The maximum atomic E-state index is 12.5. The molecule has 3 atom stereocenters. The lowest BCUT2D eigenvalue weighted by atomic mass is 10.1. The van der Waals surface area contributed by atoms with Gasteiger partial charge in [-0.15, -0.1) is 0 Å². The highest BCUT2D eigenvalue weighted by Gasteiger charge is 2.38. The Labute approximate surface area is 217 Å². The van der Waals surface area contributed by atoms with Crippen molar-refractivity contribution in [1.82, 2.24) is 10.6 Å². The number of hydrogen-bond acceptors (Lipinski definition) is 5. The third-order valence-electron chi connectivity index (χ3n) is 7.15. The molecule has 3 aromatic carbocycles. The van der Waals surface area contributed by atoms with Gasteiger partial charge in [0.2, 0.25) is 0 Å². The molecule has 2 aliphatic rings. The number of carbonyl (C=O) groups is 2. The van der Waals surface area contributed by atoms with E-state index in [1.54, 1.807) is 24.3 Å². The molecule has 3 aromatic rings. The first kappa shape index (κ1) is 24.8. The minimum absolute atomic E-state index is 0.217. The lowest BCUT2D eigenvalue weighted by molar-refractivity contribution is 0.102. The molecule has 0 aliphatic heterocycles. The molecule has 0 aromatic heterocycles. The molecule has 0 bridgehead atoms. The van der Waals surface area contributed by atoms with E-state index >= 15 is 0 Å². The number of amides is 2. The van der Waals surface area contributed by atoms with Crippen LogP contribution in [0.15, 0.2) is 72.8 Å². The Kier molecular flexibility index (Phi) is 7.42. The summed E-state index contributed by atoms with van der Waals surface area (Å²) in [6.45, 7) is 3.25. The smallest absolute Gasteiger partial charge is 0.407 e. The number of nitrogen functional groups attached to an aromatic ring is 1. The number of ether oxygens (including phenoxy) is 1. The SMILES string of the molecule is C[C@@H](NC(=O)OCc1ccc([C@H]2CC2NCC2CC2)cc1)c1ccc(C(=O)Nc2ccccc2N)cc1. The summed E-state index contributed by atoms with van der Waals surface area (Å²) in [5, 5.41) is 9.33. The van der Waals surface area contributed by atoms with Gasteiger partial charge in [-0.3, -0.25) is 4.79 Å². The van der Waals surface area contributed by atoms with Gasteiger partial charge in [-0.05, 0) is 79.6 Å². The number of para-hydroxylation sites is 2. The van der Waals surface area contributed by atoms with Gasteiger partial charge in [-0.25, -0.2) is 4.79 Å². The van der Waals surface area contributed by atoms with Crippen molar-refractivity contribution in [3.8, 4) is 0 Å². The summed E-state index contributed by atoms with van der Waals surface area (Å²) in [6.07, 6.45) is 3.48. The molecule has 2 saturated carbocycles. The summed E-state index contributed by atoms with van der Waals surface area (Å²) < 4.78 is 5.43. The van der Waals surface area contributed by atoms with Gasteiger partial charge < -0.3 is 26.4 Å². The molecule has 2 fully saturated rings. The molecular formula is C30H34N4O3. The van der Waals surface area contributed by atoms with Crippen LogP contribution in [0.3, 0.4) is 0 Å². The van der Waals surface area contributed by atoms with Gasteiger partial charge in [0.05, 0.1) is 17.4 Å². The highest BCUT2D eigenvalue weighted by Crippen LogP contribution is 2.41. The normalized spacial score (nSPS) is 19.1. The maximum absolute atomic E-state index is 12.5. The molecule has 2 amide bonds. The molecular weight excluding hydrogens is 464 g/mol. The zero-order valence-electron chi connectivity index (χ0n) is 21.1. The fourth-order valence-corrected chi connectivity index (χ4v) is 4.47. The Hall–Kier alpha value is -3.84. The summed E-state index contributed by atoms with van der Waals surface area (Å²) in [4.78, 5) is 24.9. The molecule has 0 spiro atoms. The Bertz CT molecular complexity index is 1240. The number of nitrogens with two attached hydrogens (primary N) is 1. The third-order valence-corrected chi connectivity index (χ3v) is 7.15. The fraction of sp³-hybridized carbons (Fsp3) is 0.333. The molecule has 5 rings (SSSR count). The molecule has 0 radical (unpaired) electrons. The first-order chi connectivity index (χ1) is 18.0. The van der Waals surface area contributed by atoms with E-state index < -0.39 is 6.09 Å². The second-order valence-corrected chi connectivity index (χ2v) is 10.1. The maximum Gasteiger partial charge on any atom is 0.407 e. The number of carbonyl (C=O) groups excluding carboxylic acids is 2. The van der Waals surface area contributed by atoms with E-state index in [2.05, 4.69) is 28.1 Å². The molecule has 0 saturated heterocycles. The van der Waals surface area contributed by atoms with Gasteiger partial charge in [-0.2, -0.15) is 0 Å². The minimum Gasteiger partial charge on any atom is -0.445 e. The van der Waals surface area contributed by atoms with E-state index in [4.69, 9.17) is 10.5 Å². The van der Waals surface area contributed by atoms with Gasteiger partial charge in [0.15, 0.2) is 0 Å². The van der Waals surface area contributed by atoms with Crippen molar-refractivity contribution in [3.05, 3.63) is 95.1 Å². The average Bonchev–Trinajstić information content (AvgIpc) is 3.83. The van der Waals surface area contributed by atoms with Crippen LogP contribution in [0.4, 0.5) is 16.2 Å². The quantitative estimate of drug-likeness (QED) is 0.282. The van der Waals surface area contributed by atoms with E-state index in [1.807, 2.05) is 43.3 Å². The van der Waals surface area contributed by atoms with Crippen LogP contribution >= 0.6 is 0 Å². The molecule has 192 valence electrons. The van der Waals surface area contributed by atoms with Gasteiger partial charge in [0.25, 0.3) is 5.91 Å². The van der Waals surface area contributed by atoms with Crippen molar-refractivity contribution in [1.29, 1.82) is 0 Å². The second kappa shape index (κ2) is 11.0. The number of anilines is 2. The van der Waals surface area contributed by atoms with Crippen LogP contribution in [0.25, 0.3) is 0 Å². The van der Waals surface area contributed by atoms with E-state index in [9.17, 15) is 9.59 Å². The largest absolute Gasteiger partial charge is 0.445 e. The first-order valence-electron chi connectivity index (χ1n) is 13.0. The molecule has 37 heavy (non-hydrogen) atoms. The highest BCUT2D eigenvalue weighted by molar-refractivity contribution is 6.05. The first-order valence-corrected chi connectivity index (χ1v) is 13.0. The van der Waals surface area contributed by atoms with Crippen LogP contribution in [0.2, 0.25) is 0 Å². The van der Waals surface area contributed by atoms with Crippen LogP contribution < -0.4 is 21.7 Å². The summed E-state index contributed by atoms with van der Waals surface area (Å²) in [6, 6.07) is 22.9. The van der Waals surface area contributed by atoms with Crippen molar-refractivity contribution in [2.75, 3.05) is 17.6 Å². The molecule has 0 heterocycles. The van der Waals surface area contributed by atoms with E-state index in [0.717, 1.165) is 23.6 Å². The summed E-state index contributed by atoms with van der Waals surface area (Å²) in [5.74, 6) is 1.26. The van der Waals surface area contributed by atoms with Crippen LogP contribution in [-0.2, 0) is 11.3 Å². The summed E-state index contributed by atoms with van der Waals surface area (Å²) in [7, 11) is 0. The number of nitrogens with one attached hydrogen (secondary N) is 3. The fourth-order valence-electron chi connectivity index (χ4n) is 4.47. The van der Waals surface area contributed by atoms with Crippen LogP contribution in [-0.4, -0.2) is 24.6 Å². The number of rotatable bonds is 10. The zero-order chi connectivity index (χ0) is 25.8. The van der Waals surface area contributed by atoms with Crippen molar-refractivity contribution in [2.24, 2.45) is 5.92 Å². The van der Waals surface area contributed by atoms with Gasteiger partial charge in [0, 0.05) is 17.5 Å². The van der Waals surface area contributed by atoms with Crippen molar-refractivity contribution < 1.29 is 14.3 Å². The predicted octanol–water partition coefficient (Wildman–Crippen LogP) is 5.36. The Morgan fingerprint density at radius 1 is 1.00 bits per heavy atom. The lowest BCUT2D eigenvalue weighted by Crippen LogP contribution is -2.27. The molecule has 7 heteroatoms. The molecule has 5 N–H and O–H groups in total. The number of alkyl carbamates (subject to hydrolysis) is 1. The Morgan fingerprint density at radius 2 is 1.73 bits per heavy atom. The monoisotopic (exact) mass is 498 g/mol. The standard InChI is InChI=1S/C30H34N4O3/c1-19(22-12-14-24(15-13-22)29(35)34-27-5-3-2-4-26(27)31)33-30(36)37-18-21-8-10-23(11-9-21)25-16-28(25)32-17-20-6-7-20/h2-5,8-15,19-20,25,28,32H,6-7,16-18,31H2,1H3,(H,33,36)(H,34,35)/t19-,25-,28?/m1/s1. The Morgan fingerprint density at radius 3 is 2.43 bits per heavy atom. The third kappa shape index (κ3) is 6.68. The summed E-state index contributed by atoms with van der Waals surface area (Å²) >= 11 is 0. The highest BCUT2D eigenvalue weighted by atomic mass is 16.5. The van der Waals surface area contributed by atoms with E-state index in [1.165, 1.54) is 24.8 Å². The van der Waals surface area contributed by atoms with Gasteiger partial charge in [-0.1, -0.05) is 48.5 Å². The van der Waals surface area contributed by atoms with Crippen molar-refractivity contribution >= 4 is 23.4 Å². The number of benzene rings is 3. The van der Waals surface area contributed by atoms with Crippen molar-refractivity contribution in [2.45, 2.75) is 50.8 Å². The van der Waals surface area contributed by atoms with E-state index in [0.29, 0.717) is 28.9 Å². The van der Waals surface area contributed by atoms with Crippen LogP contribution in [0.1, 0.15) is 65.2 Å². The molecule has 7 nitrogen and oxygen atoms in total. The second-order valence-electron chi connectivity index (χ2n) is 10.1. The van der Waals surface area contributed by atoms with Crippen LogP contribution in [0.5, 0.6) is 0 Å². The van der Waals surface area contributed by atoms with Crippen molar-refractivity contribution in [3.63, 3.8) is 0 Å². The minimum atomic E-state index is -0.482. The Balaban J connectivity index is 1.05. The zero-order valence-corrected chi connectivity index (χ0v) is 21.1. The van der Waals surface area contributed by atoms with E-state index in [-0.39, 0.29) is 18.6 Å². The molecule has 2 aliphatic carbocycles. The van der Waals surface area contributed by atoms with Gasteiger partial charge in [0.1, 0.15) is 6.61 Å². The summed E-state index contributed by atoms with van der Waals surface area (Å²) in [5.41, 5.74) is 10.7. The topological polar surface area (TPSA) is 105 Å². The average molecular weight is 499 g/mol. The van der Waals surface area contributed by atoms with Crippen LogP contribution in [0, 0.1) is 5.92 Å². The predicted molar refractivity (Wildman–Crippen MR) is 145 cm³/mol. The number of hydrogen-bond donors (Lipinski definition) is 4. The van der Waals surface area contributed by atoms with Gasteiger partial charge >= 0.3 is 6.09 Å². The molecule has 1 unspecified atom stereocenters. The lowest BCUT2D eigenvalue weighted by Gasteiger charge is -2.15.